The molecule has 0 radical (unpaired) electrons. The summed E-state index contributed by atoms with van der Waals surface area (Å²) < 4.78 is 10.9. The lowest BCUT2D eigenvalue weighted by atomic mass is 9.69. The first-order valence-corrected chi connectivity index (χ1v) is 12.5. The molecule has 0 unspecified atom stereocenters. The molecule has 1 aromatic rings. The van der Waals surface area contributed by atoms with E-state index in [0.717, 1.165) is 49.8 Å². The van der Waals surface area contributed by atoms with Gasteiger partial charge in [0.2, 0.25) is 0 Å². The van der Waals surface area contributed by atoms with Crippen LogP contribution in [0.15, 0.2) is 46.8 Å². The number of hydrogen-bond acceptors (Lipinski definition) is 6. The maximum atomic E-state index is 13.7. The predicted octanol–water partition coefficient (Wildman–Crippen LogP) is 5.22. The number of ketones is 1. The minimum Gasteiger partial charge on any atom is -0.468 e. The number of esters is 2. The van der Waals surface area contributed by atoms with Gasteiger partial charge >= 0.3 is 11.9 Å². The Morgan fingerprint density at radius 2 is 1.82 bits per heavy atom. The normalized spacial score (nSPS) is 25.9. The molecule has 3 aliphatic rings. The van der Waals surface area contributed by atoms with Crippen molar-refractivity contribution in [2.24, 2.45) is 11.8 Å². The summed E-state index contributed by atoms with van der Waals surface area (Å²) in [6.45, 7) is 3.71. The number of halogens is 1. The van der Waals surface area contributed by atoms with Crippen LogP contribution in [0.4, 0.5) is 0 Å². The minimum atomic E-state index is -0.912. The van der Waals surface area contributed by atoms with Crippen LogP contribution in [0.5, 0.6) is 0 Å². The largest absolute Gasteiger partial charge is 0.468 e. The van der Waals surface area contributed by atoms with E-state index in [9.17, 15) is 14.4 Å². The molecule has 1 aromatic carbocycles. The quantitative estimate of drug-likeness (QED) is 0.358. The highest BCUT2D eigenvalue weighted by Gasteiger charge is 2.47. The van der Waals surface area contributed by atoms with Gasteiger partial charge in [-0.25, -0.2) is 4.79 Å². The Balaban J connectivity index is 1.77. The van der Waals surface area contributed by atoms with Gasteiger partial charge < -0.3 is 14.8 Å². The van der Waals surface area contributed by atoms with Gasteiger partial charge in [0.05, 0.1) is 12.7 Å². The Bertz CT molecular complexity index is 1050. The number of allylic oxidation sites excluding steroid dienone is 3. The molecule has 1 N–H and O–H groups in total. The topological polar surface area (TPSA) is 81.7 Å². The zero-order valence-corrected chi connectivity index (χ0v) is 20.7. The highest BCUT2D eigenvalue weighted by Crippen LogP contribution is 2.46. The number of methoxy groups -OCH3 is 1. The summed E-state index contributed by atoms with van der Waals surface area (Å²) in [7, 11) is 1.29. The number of nitrogens with one attached hydrogen (secondary N) is 1. The van der Waals surface area contributed by atoms with Crippen molar-refractivity contribution < 1.29 is 23.9 Å². The highest BCUT2D eigenvalue weighted by molar-refractivity contribution is 6.30. The monoisotopic (exact) mass is 485 g/mol. The average molecular weight is 486 g/mol. The second kappa shape index (κ2) is 10.3. The third-order valence-corrected chi connectivity index (χ3v) is 7.46. The first-order chi connectivity index (χ1) is 16.3. The van der Waals surface area contributed by atoms with Crippen molar-refractivity contribution in [1.29, 1.82) is 0 Å². The van der Waals surface area contributed by atoms with Crippen molar-refractivity contribution in [3.8, 4) is 0 Å². The number of dihydropyridines is 1. The predicted molar refractivity (Wildman–Crippen MR) is 129 cm³/mol. The van der Waals surface area contributed by atoms with Gasteiger partial charge in [0.25, 0.3) is 0 Å². The van der Waals surface area contributed by atoms with Crippen LogP contribution in [0.3, 0.4) is 0 Å². The average Bonchev–Trinajstić information content (AvgIpc) is 3.06. The zero-order valence-electron chi connectivity index (χ0n) is 20.0. The Labute approximate surface area is 205 Å². The van der Waals surface area contributed by atoms with Crippen LogP contribution < -0.4 is 5.32 Å². The molecule has 2 aliphatic carbocycles. The number of carbonyl (C=O) groups is 3. The lowest BCUT2D eigenvalue weighted by Crippen LogP contribution is -2.43. The molecule has 1 heterocycles. The Morgan fingerprint density at radius 3 is 2.47 bits per heavy atom. The molecule has 1 saturated carbocycles. The van der Waals surface area contributed by atoms with Crippen LogP contribution in [-0.2, 0) is 23.9 Å². The maximum Gasteiger partial charge on any atom is 0.337 e. The second-order valence-electron chi connectivity index (χ2n) is 9.61. The highest BCUT2D eigenvalue weighted by atomic mass is 35.5. The molecular weight excluding hydrogens is 454 g/mol. The molecule has 1 fully saturated rings. The van der Waals surface area contributed by atoms with E-state index in [1.165, 1.54) is 7.11 Å². The van der Waals surface area contributed by atoms with Gasteiger partial charge in [-0.2, -0.15) is 0 Å². The third-order valence-electron chi connectivity index (χ3n) is 7.22. The van der Waals surface area contributed by atoms with Crippen LogP contribution in [-0.4, -0.2) is 30.9 Å². The van der Waals surface area contributed by atoms with Gasteiger partial charge in [0.1, 0.15) is 12.0 Å². The molecule has 0 saturated heterocycles. The maximum absolute atomic E-state index is 13.7. The first-order valence-electron chi connectivity index (χ1n) is 12.1. The molecule has 182 valence electrons. The molecule has 0 bridgehead atoms. The Morgan fingerprint density at radius 1 is 1.12 bits per heavy atom. The lowest BCUT2D eigenvalue weighted by Gasteiger charge is -2.38. The van der Waals surface area contributed by atoms with E-state index < -0.39 is 23.8 Å². The number of ether oxygens (including phenoxy) is 2. The van der Waals surface area contributed by atoms with E-state index in [0.29, 0.717) is 28.3 Å². The third kappa shape index (κ3) is 4.78. The summed E-state index contributed by atoms with van der Waals surface area (Å²) in [5.41, 5.74) is 2.95. The fourth-order valence-electron chi connectivity index (χ4n) is 5.55. The molecular formula is C27H32ClNO5. The van der Waals surface area contributed by atoms with E-state index in [2.05, 4.69) is 5.32 Å². The summed E-state index contributed by atoms with van der Waals surface area (Å²) in [6, 6.07) is 7.19. The van der Waals surface area contributed by atoms with Gasteiger partial charge in [-0.1, -0.05) is 43.5 Å². The smallest absolute Gasteiger partial charge is 0.337 e. The molecule has 6 nitrogen and oxygen atoms in total. The van der Waals surface area contributed by atoms with E-state index in [1.807, 2.05) is 19.9 Å². The zero-order chi connectivity index (χ0) is 24.4. The standard InChI is InChI=1S/C27H32ClNO5/c1-15-13-20-24(25(30)21(15)26(31)33-3)23(17-9-8-10-18(28)14-17)22(16(2)29-20)27(32)34-19-11-6-4-5-7-12-19/h8-10,14-15,19,21,23,29H,4-7,11-13H2,1-3H3/t15-,21+,23-/m0/s1. The molecule has 4 rings (SSSR count). The van der Waals surface area contributed by atoms with Gasteiger partial charge in [0, 0.05) is 27.9 Å². The lowest BCUT2D eigenvalue weighted by molar-refractivity contribution is -0.151. The van der Waals surface area contributed by atoms with Crippen LogP contribution >= 0.6 is 11.6 Å². The van der Waals surface area contributed by atoms with Crippen molar-refractivity contribution in [1.82, 2.24) is 5.32 Å². The molecule has 34 heavy (non-hydrogen) atoms. The van der Waals surface area contributed by atoms with Crippen molar-refractivity contribution in [2.45, 2.75) is 70.8 Å². The fraction of sp³-hybridized carbons (Fsp3) is 0.519. The molecule has 3 atom stereocenters. The summed E-state index contributed by atoms with van der Waals surface area (Å²) in [4.78, 5) is 39.9. The molecule has 0 amide bonds. The Hall–Kier alpha value is -2.60. The van der Waals surface area contributed by atoms with E-state index >= 15 is 0 Å². The van der Waals surface area contributed by atoms with Gasteiger partial charge in [0.15, 0.2) is 5.78 Å². The van der Waals surface area contributed by atoms with Gasteiger partial charge in [-0.15, -0.1) is 0 Å². The number of carbonyl (C=O) groups excluding carboxylic acids is 3. The summed E-state index contributed by atoms with van der Waals surface area (Å²) >= 11 is 6.31. The van der Waals surface area contributed by atoms with E-state index in [-0.39, 0.29) is 17.8 Å². The van der Waals surface area contributed by atoms with Gasteiger partial charge in [-0.05, 0) is 62.6 Å². The summed E-state index contributed by atoms with van der Waals surface area (Å²) in [5.74, 6) is -3.09. The van der Waals surface area contributed by atoms with Crippen molar-refractivity contribution in [2.75, 3.05) is 7.11 Å². The number of rotatable bonds is 4. The summed E-state index contributed by atoms with van der Waals surface area (Å²) in [5, 5.41) is 3.81. The number of Topliss-reactive ketones (excluding diaryl/α,β-unsaturated/α-hetero) is 1. The fourth-order valence-corrected chi connectivity index (χ4v) is 5.74. The van der Waals surface area contributed by atoms with E-state index in [4.69, 9.17) is 21.1 Å². The van der Waals surface area contributed by atoms with Crippen LogP contribution in [0.2, 0.25) is 5.02 Å². The van der Waals surface area contributed by atoms with Crippen LogP contribution in [0, 0.1) is 11.8 Å². The van der Waals surface area contributed by atoms with Gasteiger partial charge in [-0.3, -0.25) is 9.59 Å². The Kier molecular flexibility index (Phi) is 7.46. The molecule has 1 aliphatic heterocycles. The second-order valence-corrected chi connectivity index (χ2v) is 10.0. The SMILES string of the molecule is COC(=O)[C@H]1C(=O)C2=C(C[C@@H]1C)NC(C)=C(C(=O)OC1CCCCCC1)[C@@H]2c1cccc(Cl)c1. The molecule has 0 aromatic heterocycles. The van der Waals surface area contributed by atoms with Crippen molar-refractivity contribution in [3.05, 3.63) is 57.4 Å². The minimum absolute atomic E-state index is 0.129. The van der Waals surface area contributed by atoms with Crippen LogP contribution in [0.1, 0.15) is 70.3 Å². The van der Waals surface area contributed by atoms with E-state index in [1.54, 1.807) is 18.2 Å². The molecule has 0 spiro atoms. The summed E-state index contributed by atoms with van der Waals surface area (Å²) in [6.07, 6.45) is 6.46. The number of benzene rings is 1. The van der Waals surface area contributed by atoms with Crippen molar-refractivity contribution in [3.63, 3.8) is 0 Å². The molecule has 7 heteroatoms. The van der Waals surface area contributed by atoms with Crippen LogP contribution in [0.25, 0.3) is 0 Å². The first kappa shape index (κ1) is 24.5. The van der Waals surface area contributed by atoms with Crippen molar-refractivity contribution >= 4 is 29.3 Å². The number of hydrogen-bond donors (Lipinski definition) is 1.